The van der Waals surface area contributed by atoms with Crippen molar-refractivity contribution in [3.63, 3.8) is 0 Å². The average Bonchev–Trinajstić information content (AvgIpc) is 2.37. The quantitative estimate of drug-likeness (QED) is 0.561. The first-order valence-corrected chi connectivity index (χ1v) is 6.47. The molecule has 0 unspecified atom stereocenters. The van der Waals surface area contributed by atoms with Crippen LogP contribution in [-0.2, 0) is 16.0 Å². The summed E-state index contributed by atoms with van der Waals surface area (Å²) in [4.78, 5) is 23.1. The van der Waals surface area contributed by atoms with Crippen LogP contribution in [0.25, 0.3) is 0 Å². The number of halogens is 1. The highest BCUT2D eigenvalue weighted by Gasteiger charge is 2.17. The van der Waals surface area contributed by atoms with Crippen LogP contribution in [0, 0.1) is 5.82 Å². The molecule has 0 aliphatic carbocycles. The summed E-state index contributed by atoms with van der Waals surface area (Å²) in [6.45, 7) is 3.59. The standard InChI is InChI=1S/C15H19FN2O2/c1-2-3-4-8-13(15(17)20)18-14(19)10-11-6-5-7-12(16)9-11/h2,5-7,9,13H,1,3-4,8,10H2,(H2,17,20)(H,18,19)/t13-/m0/s1. The lowest BCUT2D eigenvalue weighted by Gasteiger charge is -2.15. The van der Waals surface area contributed by atoms with Gasteiger partial charge in [-0.3, -0.25) is 9.59 Å². The second kappa shape index (κ2) is 8.09. The topological polar surface area (TPSA) is 72.2 Å². The zero-order valence-electron chi connectivity index (χ0n) is 11.3. The van der Waals surface area contributed by atoms with Crippen molar-refractivity contribution >= 4 is 11.8 Å². The fourth-order valence-corrected chi connectivity index (χ4v) is 1.83. The zero-order chi connectivity index (χ0) is 15.0. The molecule has 0 saturated carbocycles. The van der Waals surface area contributed by atoms with E-state index in [4.69, 9.17) is 5.73 Å². The Balaban J connectivity index is 2.53. The molecule has 0 aliphatic heterocycles. The molecule has 1 rings (SSSR count). The monoisotopic (exact) mass is 278 g/mol. The lowest BCUT2D eigenvalue weighted by atomic mass is 10.1. The van der Waals surface area contributed by atoms with Crippen molar-refractivity contribution in [2.75, 3.05) is 0 Å². The van der Waals surface area contributed by atoms with Gasteiger partial charge in [-0.05, 0) is 37.0 Å². The molecule has 108 valence electrons. The number of unbranched alkanes of at least 4 members (excludes halogenated alkanes) is 1. The number of nitrogens with one attached hydrogen (secondary N) is 1. The highest BCUT2D eigenvalue weighted by molar-refractivity contribution is 5.87. The van der Waals surface area contributed by atoms with Gasteiger partial charge in [-0.25, -0.2) is 4.39 Å². The van der Waals surface area contributed by atoms with E-state index in [9.17, 15) is 14.0 Å². The summed E-state index contributed by atoms with van der Waals surface area (Å²) < 4.78 is 13.0. The van der Waals surface area contributed by atoms with E-state index < -0.39 is 17.8 Å². The minimum atomic E-state index is -0.698. The number of carbonyl (C=O) groups excluding carboxylic acids is 2. The number of hydrogen-bond donors (Lipinski definition) is 2. The van der Waals surface area contributed by atoms with Gasteiger partial charge >= 0.3 is 0 Å². The van der Waals surface area contributed by atoms with Crippen LogP contribution in [0.5, 0.6) is 0 Å². The SMILES string of the molecule is C=CCCC[C@H](NC(=O)Cc1cccc(F)c1)C(N)=O. The molecule has 0 saturated heterocycles. The number of primary amides is 1. The van der Waals surface area contributed by atoms with Crippen LogP contribution in [0.4, 0.5) is 4.39 Å². The van der Waals surface area contributed by atoms with Gasteiger partial charge in [0, 0.05) is 0 Å². The van der Waals surface area contributed by atoms with Crippen LogP contribution in [0.2, 0.25) is 0 Å². The number of amides is 2. The first-order valence-electron chi connectivity index (χ1n) is 6.47. The molecule has 1 aromatic carbocycles. The molecule has 0 aromatic heterocycles. The summed E-state index contributed by atoms with van der Waals surface area (Å²) in [5.41, 5.74) is 5.80. The molecule has 0 fully saturated rings. The molecule has 4 nitrogen and oxygen atoms in total. The summed E-state index contributed by atoms with van der Waals surface area (Å²) in [6, 6.07) is 5.09. The van der Waals surface area contributed by atoms with Gasteiger partial charge < -0.3 is 11.1 Å². The Morgan fingerprint density at radius 2 is 2.20 bits per heavy atom. The van der Waals surface area contributed by atoms with Crippen molar-refractivity contribution < 1.29 is 14.0 Å². The van der Waals surface area contributed by atoms with Crippen molar-refractivity contribution in [3.05, 3.63) is 48.3 Å². The van der Waals surface area contributed by atoms with Gasteiger partial charge in [0.2, 0.25) is 11.8 Å². The molecule has 2 amide bonds. The van der Waals surface area contributed by atoms with Crippen molar-refractivity contribution in [2.45, 2.75) is 31.7 Å². The van der Waals surface area contributed by atoms with Crippen LogP contribution in [0.15, 0.2) is 36.9 Å². The first kappa shape index (κ1) is 15.9. The third-order valence-electron chi connectivity index (χ3n) is 2.83. The van der Waals surface area contributed by atoms with Gasteiger partial charge in [0.1, 0.15) is 11.9 Å². The lowest BCUT2D eigenvalue weighted by molar-refractivity contribution is -0.127. The molecule has 0 spiro atoms. The van der Waals surface area contributed by atoms with Crippen LogP contribution in [0.1, 0.15) is 24.8 Å². The van der Waals surface area contributed by atoms with Gasteiger partial charge in [-0.1, -0.05) is 18.2 Å². The van der Waals surface area contributed by atoms with Gasteiger partial charge in [0.05, 0.1) is 6.42 Å². The molecule has 20 heavy (non-hydrogen) atoms. The Morgan fingerprint density at radius 3 is 2.80 bits per heavy atom. The maximum absolute atomic E-state index is 13.0. The van der Waals surface area contributed by atoms with Crippen molar-refractivity contribution in [1.29, 1.82) is 0 Å². The lowest BCUT2D eigenvalue weighted by Crippen LogP contribution is -2.44. The number of rotatable bonds is 8. The van der Waals surface area contributed by atoms with E-state index in [2.05, 4.69) is 11.9 Å². The fourth-order valence-electron chi connectivity index (χ4n) is 1.83. The Labute approximate surface area is 117 Å². The molecule has 1 atom stereocenters. The second-order valence-corrected chi connectivity index (χ2v) is 4.55. The summed E-state index contributed by atoms with van der Waals surface area (Å²) >= 11 is 0. The Hall–Kier alpha value is -2.17. The fraction of sp³-hybridized carbons (Fsp3) is 0.333. The first-order chi connectivity index (χ1) is 9.52. The normalized spacial score (nSPS) is 11.7. The van der Waals surface area contributed by atoms with Gasteiger partial charge in [0.25, 0.3) is 0 Å². The molecular formula is C15H19FN2O2. The minimum absolute atomic E-state index is 0.0169. The van der Waals surface area contributed by atoms with E-state index in [1.54, 1.807) is 12.1 Å². The molecular weight excluding hydrogens is 259 g/mol. The molecule has 1 aromatic rings. The second-order valence-electron chi connectivity index (χ2n) is 4.55. The third-order valence-corrected chi connectivity index (χ3v) is 2.83. The van der Waals surface area contributed by atoms with Crippen LogP contribution in [0.3, 0.4) is 0 Å². The number of benzene rings is 1. The van der Waals surface area contributed by atoms with E-state index in [0.717, 1.165) is 12.8 Å². The Morgan fingerprint density at radius 1 is 1.45 bits per heavy atom. The molecule has 0 aliphatic rings. The Bertz CT molecular complexity index is 489. The summed E-state index contributed by atoms with van der Waals surface area (Å²) in [7, 11) is 0. The predicted molar refractivity (Wildman–Crippen MR) is 75.3 cm³/mol. The van der Waals surface area contributed by atoms with Crippen molar-refractivity contribution in [3.8, 4) is 0 Å². The molecule has 5 heteroatoms. The highest BCUT2D eigenvalue weighted by atomic mass is 19.1. The number of allylic oxidation sites excluding steroid dienone is 1. The molecule has 0 bridgehead atoms. The molecule has 0 heterocycles. The maximum Gasteiger partial charge on any atom is 0.239 e. The summed E-state index contributed by atoms with van der Waals surface area (Å²) in [5, 5.41) is 2.57. The summed E-state index contributed by atoms with van der Waals surface area (Å²) in [5.74, 6) is -1.31. The highest BCUT2D eigenvalue weighted by Crippen LogP contribution is 2.06. The third kappa shape index (κ3) is 5.65. The van der Waals surface area contributed by atoms with E-state index >= 15 is 0 Å². The van der Waals surface area contributed by atoms with E-state index in [1.807, 2.05) is 0 Å². The van der Waals surface area contributed by atoms with Gasteiger partial charge in [0.15, 0.2) is 0 Å². The zero-order valence-corrected chi connectivity index (χ0v) is 11.3. The van der Waals surface area contributed by atoms with Gasteiger partial charge in [-0.2, -0.15) is 0 Å². The smallest absolute Gasteiger partial charge is 0.239 e. The molecule has 3 N–H and O–H groups in total. The van der Waals surface area contributed by atoms with Crippen LogP contribution >= 0.6 is 0 Å². The average molecular weight is 278 g/mol. The number of hydrogen-bond acceptors (Lipinski definition) is 2. The summed E-state index contributed by atoms with van der Waals surface area (Å²) in [6.07, 6.45) is 3.70. The predicted octanol–water partition coefficient (Wildman–Crippen LogP) is 1.69. The Kier molecular flexibility index (Phi) is 6.43. The van der Waals surface area contributed by atoms with Gasteiger partial charge in [-0.15, -0.1) is 6.58 Å². The van der Waals surface area contributed by atoms with Crippen LogP contribution < -0.4 is 11.1 Å². The van der Waals surface area contributed by atoms with E-state index in [1.165, 1.54) is 18.2 Å². The number of nitrogens with two attached hydrogens (primary N) is 1. The van der Waals surface area contributed by atoms with Crippen LogP contribution in [-0.4, -0.2) is 17.9 Å². The van der Waals surface area contributed by atoms with Crippen molar-refractivity contribution in [2.24, 2.45) is 5.73 Å². The maximum atomic E-state index is 13.0. The largest absolute Gasteiger partial charge is 0.368 e. The van der Waals surface area contributed by atoms with E-state index in [-0.39, 0.29) is 12.3 Å². The van der Waals surface area contributed by atoms with Crippen molar-refractivity contribution in [1.82, 2.24) is 5.32 Å². The number of carbonyl (C=O) groups is 2. The minimum Gasteiger partial charge on any atom is -0.368 e. The molecule has 0 radical (unpaired) electrons. The van der Waals surface area contributed by atoms with E-state index in [0.29, 0.717) is 12.0 Å².